The lowest BCUT2D eigenvalue weighted by atomic mass is 10.1. The first-order chi connectivity index (χ1) is 8.92. The Kier molecular flexibility index (Phi) is 3.14. The van der Waals surface area contributed by atoms with Crippen LogP contribution < -0.4 is 0 Å². The zero-order valence-corrected chi connectivity index (χ0v) is 10.4. The van der Waals surface area contributed by atoms with Gasteiger partial charge in [0.15, 0.2) is 0 Å². The highest BCUT2D eigenvalue weighted by atomic mass is 14.7. The van der Waals surface area contributed by atoms with Gasteiger partial charge in [0.2, 0.25) is 0 Å². The summed E-state index contributed by atoms with van der Waals surface area (Å²) < 4.78 is 0. The van der Waals surface area contributed by atoms with Crippen LogP contribution in [-0.2, 0) is 6.42 Å². The predicted octanol–water partition coefficient (Wildman–Crippen LogP) is 4.34. The van der Waals surface area contributed by atoms with Gasteiger partial charge in [-0.05, 0) is 36.1 Å². The van der Waals surface area contributed by atoms with Gasteiger partial charge < -0.3 is 4.98 Å². The Morgan fingerprint density at radius 2 is 1.83 bits per heavy atom. The van der Waals surface area contributed by atoms with Crippen LogP contribution in [0.1, 0.15) is 29.8 Å². The van der Waals surface area contributed by atoms with E-state index in [9.17, 15) is 0 Å². The third-order valence-electron chi connectivity index (χ3n) is 3.29. The Morgan fingerprint density at radius 1 is 0.944 bits per heavy atom. The molecule has 90 valence electrons. The van der Waals surface area contributed by atoms with Crippen molar-refractivity contribution in [2.75, 3.05) is 0 Å². The average Bonchev–Trinajstić information content (AvgIpc) is 2.89. The molecular weight excluding hydrogens is 218 g/mol. The van der Waals surface area contributed by atoms with Gasteiger partial charge in [-0.1, -0.05) is 48.6 Å². The van der Waals surface area contributed by atoms with Crippen molar-refractivity contribution >= 4 is 5.57 Å². The molecule has 1 aliphatic carbocycles. The van der Waals surface area contributed by atoms with Gasteiger partial charge in [-0.3, -0.25) is 0 Å². The van der Waals surface area contributed by atoms with Crippen LogP contribution in [0.2, 0.25) is 0 Å². The van der Waals surface area contributed by atoms with Crippen molar-refractivity contribution in [2.45, 2.75) is 19.3 Å². The minimum absolute atomic E-state index is 0.970. The normalized spacial score (nSPS) is 14.6. The van der Waals surface area contributed by atoms with Crippen LogP contribution in [0, 0.1) is 0 Å². The van der Waals surface area contributed by atoms with Crippen molar-refractivity contribution in [3.63, 3.8) is 0 Å². The molecule has 0 unspecified atom stereocenters. The number of aromatic amines is 1. The lowest BCUT2D eigenvalue weighted by molar-refractivity contribution is 1.03. The molecule has 1 aromatic carbocycles. The Balaban J connectivity index is 1.78. The van der Waals surface area contributed by atoms with Crippen molar-refractivity contribution in [1.29, 1.82) is 0 Å². The first-order valence-corrected chi connectivity index (χ1v) is 6.51. The highest BCUT2D eigenvalue weighted by molar-refractivity contribution is 5.72. The lowest BCUT2D eigenvalue weighted by Crippen LogP contribution is -1.90. The largest absolute Gasteiger partial charge is 0.358 e. The van der Waals surface area contributed by atoms with Gasteiger partial charge in [-0.2, -0.15) is 0 Å². The van der Waals surface area contributed by atoms with Crippen LogP contribution in [0.4, 0.5) is 0 Å². The number of nitrogens with one attached hydrogen (secondary N) is 1. The maximum absolute atomic E-state index is 3.51. The van der Waals surface area contributed by atoms with E-state index in [1.54, 1.807) is 0 Å². The maximum atomic E-state index is 3.51. The molecule has 18 heavy (non-hydrogen) atoms. The number of H-pyrrole nitrogens is 1. The molecule has 1 N–H and O–H groups in total. The van der Waals surface area contributed by atoms with E-state index in [0.29, 0.717) is 0 Å². The molecule has 1 aromatic heterocycles. The fraction of sp³-hybridized carbons (Fsp3) is 0.176. The molecule has 1 nitrogen and oxygen atoms in total. The molecule has 0 amide bonds. The zero-order valence-electron chi connectivity index (χ0n) is 10.4. The Labute approximate surface area is 108 Å². The van der Waals surface area contributed by atoms with E-state index in [1.807, 2.05) is 0 Å². The van der Waals surface area contributed by atoms with Crippen molar-refractivity contribution in [3.8, 4) is 0 Å². The molecule has 0 saturated heterocycles. The van der Waals surface area contributed by atoms with E-state index in [-0.39, 0.29) is 0 Å². The van der Waals surface area contributed by atoms with Crippen LogP contribution in [0.3, 0.4) is 0 Å². The van der Waals surface area contributed by atoms with Crippen LogP contribution in [0.5, 0.6) is 0 Å². The van der Waals surface area contributed by atoms with Gasteiger partial charge in [0.1, 0.15) is 0 Å². The number of rotatable bonds is 3. The Bertz CT molecular complexity index is 573. The second-order valence-corrected chi connectivity index (χ2v) is 4.70. The second kappa shape index (κ2) is 5.09. The van der Waals surface area contributed by atoms with Crippen molar-refractivity contribution in [3.05, 3.63) is 77.6 Å². The summed E-state index contributed by atoms with van der Waals surface area (Å²) in [6.07, 6.45) is 10.0. The summed E-state index contributed by atoms with van der Waals surface area (Å²) in [4.78, 5) is 3.51. The van der Waals surface area contributed by atoms with E-state index in [4.69, 9.17) is 0 Å². The first kappa shape index (κ1) is 11.1. The van der Waals surface area contributed by atoms with Gasteiger partial charge in [0.05, 0.1) is 0 Å². The van der Waals surface area contributed by atoms with Gasteiger partial charge in [0, 0.05) is 17.8 Å². The van der Waals surface area contributed by atoms with E-state index in [1.165, 1.54) is 28.9 Å². The minimum atomic E-state index is 0.970. The van der Waals surface area contributed by atoms with Gasteiger partial charge in [0.25, 0.3) is 0 Å². The first-order valence-electron chi connectivity index (χ1n) is 6.51. The maximum Gasteiger partial charge on any atom is 0.0452 e. The van der Waals surface area contributed by atoms with E-state index < -0.39 is 0 Å². The molecule has 1 aliphatic rings. The lowest BCUT2D eigenvalue weighted by Gasteiger charge is -2.04. The number of allylic oxidation sites excluding steroid dienone is 4. The van der Waals surface area contributed by atoms with Gasteiger partial charge in [-0.15, -0.1) is 0 Å². The van der Waals surface area contributed by atoms with Crippen LogP contribution >= 0.6 is 0 Å². The summed E-state index contributed by atoms with van der Waals surface area (Å²) in [5.41, 5.74) is 5.17. The summed E-state index contributed by atoms with van der Waals surface area (Å²) >= 11 is 0. The summed E-state index contributed by atoms with van der Waals surface area (Å²) in [5, 5.41) is 0. The summed E-state index contributed by atoms with van der Waals surface area (Å²) in [5.74, 6) is 0. The van der Waals surface area contributed by atoms with Gasteiger partial charge in [-0.25, -0.2) is 0 Å². The quantitative estimate of drug-likeness (QED) is 0.814. The molecule has 0 spiro atoms. The van der Waals surface area contributed by atoms with E-state index in [2.05, 4.69) is 65.7 Å². The highest BCUT2D eigenvalue weighted by Gasteiger charge is 2.04. The third-order valence-corrected chi connectivity index (χ3v) is 3.29. The third kappa shape index (κ3) is 2.45. The molecule has 2 aromatic rings. The molecule has 0 aliphatic heterocycles. The van der Waals surface area contributed by atoms with E-state index in [0.717, 1.165) is 12.8 Å². The second-order valence-electron chi connectivity index (χ2n) is 4.70. The van der Waals surface area contributed by atoms with Crippen LogP contribution in [0.25, 0.3) is 5.57 Å². The molecule has 0 radical (unpaired) electrons. The molecule has 0 atom stereocenters. The van der Waals surface area contributed by atoms with Crippen molar-refractivity contribution in [1.82, 2.24) is 4.98 Å². The van der Waals surface area contributed by atoms with Gasteiger partial charge >= 0.3 is 0 Å². The number of hydrogen-bond donors (Lipinski definition) is 1. The fourth-order valence-electron chi connectivity index (χ4n) is 2.34. The van der Waals surface area contributed by atoms with Crippen molar-refractivity contribution in [2.24, 2.45) is 0 Å². The van der Waals surface area contributed by atoms with E-state index >= 15 is 0 Å². The van der Waals surface area contributed by atoms with Crippen LogP contribution in [-0.4, -0.2) is 4.98 Å². The Hall–Kier alpha value is -2.02. The standard InChI is InChI=1S/C17H17N/c1-3-7-14(8-4-1)13-16-11-12-17(18-16)15-9-5-2-6-10-15/h1,3-5,7-12,18H,2,6,13H2. The number of aromatic nitrogens is 1. The molecule has 0 saturated carbocycles. The van der Waals surface area contributed by atoms with Crippen LogP contribution in [0.15, 0.2) is 60.7 Å². The zero-order chi connectivity index (χ0) is 12.2. The molecule has 1 heterocycles. The number of hydrogen-bond acceptors (Lipinski definition) is 0. The van der Waals surface area contributed by atoms with Crippen molar-refractivity contribution < 1.29 is 0 Å². The smallest absolute Gasteiger partial charge is 0.0452 e. The molecular formula is C17H17N. The topological polar surface area (TPSA) is 15.8 Å². The summed E-state index contributed by atoms with van der Waals surface area (Å²) in [6.45, 7) is 0. The SMILES string of the molecule is C1=CC(c2ccc(Cc3ccccc3)[nH]2)=CCC1. The monoisotopic (exact) mass is 235 g/mol. The summed E-state index contributed by atoms with van der Waals surface area (Å²) in [6, 6.07) is 14.9. The fourth-order valence-corrected chi connectivity index (χ4v) is 2.34. The molecule has 1 heteroatoms. The predicted molar refractivity (Wildman–Crippen MR) is 76.4 cm³/mol. The minimum Gasteiger partial charge on any atom is -0.358 e. The number of benzene rings is 1. The Morgan fingerprint density at radius 3 is 2.61 bits per heavy atom. The average molecular weight is 235 g/mol. The highest BCUT2D eigenvalue weighted by Crippen LogP contribution is 2.21. The molecule has 0 bridgehead atoms. The summed E-state index contributed by atoms with van der Waals surface area (Å²) in [7, 11) is 0. The molecule has 0 fully saturated rings. The molecule has 3 rings (SSSR count).